The van der Waals surface area contributed by atoms with Crippen molar-refractivity contribution >= 4 is 11.6 Å². The fraction of sp³-hybridized carbons (Fsp3) is 0.364. The molecule has 1 amide bonds. The third kappa shape index (κ3) is 4.35. The maximum Gasteiger partial charge on any atom is 0.220 e. The van der Waals surface area contributed by atoms with E-state index in [1.54, 1.807) is 0 Å². The van der Waals surface area contributed by atoms with E-state index in [0.29, 0.717) is 6.61 Å². The van der Waals surface area contributed by atoms with Gasteiger partial charge in [-0.2, -0.15) is 0 Å². The van der Waals surface area contributed by atoms with Crippen molar-refractivity contribution < 1.29 is 9.53 Å². The van der Waals surface area contributed by atoms with Gasteiger partial charge >= 0.3 is 0 Å². The van der Waals surface area contributed by atoms with E-state index >= 15 is 0 Å². The van der Waals surface area contributed by atoms with Crippen molar-refractivity contribution in [2.24, 2.45) is 5.73 Å². The summed E-state index contributed by atoms with van der Waals surface area (Å²) < 4.78 is 5.32. The van der Waals surface area contributed by atoms with Crippen LogP contribution in [0.25, 0.3) is 0 Å². The highest BCUT2D eigenvalue weighted by atomic mass is 16.5. The van der Waals surface area contributed by atoms with Crippen LogP contribution in [0.15, 0.2) is 24.3 Å². The summed E-state index contributed by atoms with van der Waals surface area (Å²) in [5.41, 5.74) is 6.05. The first-order chi connectivity index (χ1) is 7.22. The van der Waals surface area contributed by atoms with Gasteiger partial charge in [0, 0.05) is 12.2 Å². The van der Waals surface area contributed by atoms with Crippen LogP contribution in [0.2, 0.25) is 0 Å². The number of benzene rings is 1. The number of hydrogen-bond donors (Lipinski definition) is 2. The van der Waals surface area contributed by atoms with Gasteiger partial charge in [0.1, 0.15) is 5.75 Å². The summed E-state index contributed by atoms with van der Waals surface area (Å²) in [4.78, 5) is 10.5. The van der Waals surface area contributed by atoms with Crippen LogP contribution >= 0.6 is 0 Å². The lowest BCUT2D eigenvalue weighted by molar-refractivity contribution is -0.118. The maximum absolute atomic E-state index is 10.5. The van der Waals surface area contributed by atoms with Crippen LogP contribution in [-0.2, 0) is 4.79 Å². The average Bonchev–Trinajstić information content (AvgIpc) is 2.20. The molecule has 0 aliphatic carbocycles. The van der Waals surface area contributed by atoms with E-state index in [9.17, 15) is 4.79 Å². The lowest BCUT2D eigenvalue weighted by Gasteiger charge is -2.06. The number of primary amides is 1. The van der Waals surface area contributed by atoms with Crippen LogP contribution in [0.5, 0.6) is 5.75 Å². The Balaban J connectivity index is 2.39. The van der Waals surface area contributed by atoms with Gasteiger partial charge < -0.3 is 15.8 Å². The number of carbonyl (C=O) groups excluding carboxylic acids is 1. The molecular weight excluding hydrogens is 192 g/mol. The topological polar surface area (TPSA) is 64.3 Å². The zero-order chi connectivity index (χ0) is 11.1. The number of anilines is 1. The second-order valence-corrected chi connectivity index (χ2v) is 3.12. The molecule has 0 saturated heterocycles. The molecule has 0 radical (unpaired) electrons. The highest BCUT2D eigenvalue weighted by molar-refractivity contribution is 5.73. The Kier molecular flexibility index (Phi) is 4.47. The second kappa shape index (κ2) is 5.90. The predicted molar refractivity (Wildman–Crippen MR) is 59.9 cm³/mol. The minimum atomic E-state index is -0.348. The molecule has 15 heavy (non-hydrogen) atoms. The minimum absolute atomic E-state index is 0.245. The highest BCUT2D eigenvalue weighted by Gasteiger charge is 1.97. The van der Waals surface area contributed by atoms with Crippen LogP contribution < -0.4 is 15.8 Å². The van der Waals surface area contributed by atoms with Gasteiger partial charge in [-0.25, -0.2) is 0 Å². The molecule has 0 aromatic heterocycles. The Morgan fingerprint density at radius 3 is 2.60 bits per heavy atom. The molecule has 0 heterocycles. The van der Waals surface area contributed by atoms with E-state index in [1.165, 1.54) is 0 Å². The first-order valence-electron chi connectivity index (χ1n) is 4.97. The van der Waals surface area contributed by atoms with E-state index in [4.69, 9.17) is 10.5 Å². The number of rotatable bonds is 6. The fourth-order valence-electron chi connectivity index (χ4n) is 1.14. The van der Waals surface area contributed by atoms with Gasteiger partial charge in [0.25, 0.3) is 0 Å². The lowest BCUT2D eigenvalue weighted by Crippen LogP contribution is -2.14. The molecule has 1 aromatic carbocycles. The fourth-order valence-corrected chi connectivity index (χ4v) is 1.14. The number of carbonyl (C=O) groups is 1. The number of nitrogens with one attached hydrogen (secondary N) is 1. The van der Waals surface area contributed by atoms with Crippen LogP contribution in [0.3, 0.4) is 0 Å². The van der Waals surface area contributed by atoms with Gasteiger partial charge in [0.2, 0.25) is 5.91 Å². The Morgan fingerprint density at radius 2 is 2.07 bits per heavy atom. The molecule has 82 valence electrons. The van der Waals surface area contributed by atoms with E-state index < -0.39 is 0 Å². The quantitative estimate of drug-likeness (QED) is 0.742. The van der Waals surface area contributed by atoms with E-state index in [-0.39, 0.29) is 12.3 Å². The van der Waals surface area contributed by atoms with Crippen molar-refractivity contribution in [3.8, 4) is 5.75 Å². The predicted octanol–water partition coefficient (Wildman–Crippen LogP) is 1.37. The summed E-state index contributed by atoms with van der Waals surface area (Å²) >= 11 is 0. The van der Waals surface area contributed by atoms with Crippen LogP contribution in [-0.4, -0.2) is 19.1 Å². The van der Waals surface area contributed by atoms with E-state index in [1.807, 2.05) is 31.2 Å². The molecule has 0 bridgehead atoms. The van der Waals surface area contributed by atoms with Crippen molar-refractivity contribution in [1.82, 2.24) is 0 Å². The van der Waals surface area contributed by atoms with Crippen molar-refractivity contribution in [2.45, 2.75) is 13.3 Å². The molecule has 1 aromatic rings. The largest absolute Gasteiger partial charge is 0.493 e. The molecular formula is C11H16N2O2. The monoisotopic (exact) mass is 208 g/mol. The molecule has 0 spiro atoms. The van der Waals surface area contributed by atoms with Crippen LogP contribution in [0.4, 0.5) is 5.69 Å². The Hall–Kier alpha value is -1.71. The molecule has 3 N–H and O–H groups in total. The van der Waals surface area contributed by atoms with Crippen LogP contribution in [0, 0.1) is 0 Å². The molecule has 4 heteroatoms. The summed E-state index contributed by atoms with van der Waals surface area (Å²) in [6, 6.07) is 7.59. The van der Waals surface area contributed by atoms with Crippen molar-refractivity contribution in [3.05, 3.63) is 24.3 Å². The minimum Gasteiger partial charge on any atom is -0.493 e. The number of hydrogen-bond acceptors (Lipinski definition) is 3. The molecule has 0 atom stereocenters. The van der Waals surface area contributed by atoms with Crippen molar-refractivity contribution in [3.63, 3.8) is 0 Å². The Bertz CT molecular complexity index is 309. The first kappa shape index (κ1) is 11.4. The number of nitrogens with two attached hydrogens (primary N) is 1. The SMILES string of the molecule is CCNc1ccc(OCCC(N)=O)cc1. The zero-order valence-electron chi connectivity index (χ0n) is 8.82. The summed E-state index contributed by atoms with van der Waals surface area (Å²) in [5.74, 6) is 0.400. The van der Waals surface area contributed by atoms with E-state index in [2.05, 4.69) is 5.32 Å². The number of ether oxygens (including phenoxy) is 1. The molecule has 0 fully saturated rings. The summed E-state index contributed by atoms with van der Waals surface area (Å²) in [6.07, 6.45) is 0.245. The van der Waals surface area contributed by atoms with Crippen LogP contribution in [0.1, 0.15) is 13.3 Å². The van der Waals surface area contributed by atoms with Crippen molar-refractivity contribution in [2.75, 3.05) is 18.5 Å². The Labute approximate surface area is 89.4 Å². The summed E-state index contributed by atoms with van der Waals surface area (Å²) in [5, 5.41) is 3.18. The van der Waals surface area contributed by atoms with Gasteiger partial charge in [0.15, 0.2) is 0 Å². The third-order valence-electron chi connectivity index (χ3n) is 1.85. The average molecular weight is 208 g/mol. The molecule has 4 nitrogen and oxygen atoms in total. The smallest absolute Gasteiger partial charge is 0.220 e. The first-order valence-corrected chi connectivity index (χ1v) is 4.97. The normalized spacial score (nSPS) is 9.67. The maximum atomic E-state index is 10.5. The summed E-state index contributed by atoms with van der Waals surface area (Å²) in [7, 11) is 0. The highest BCUT2D eigenvalue weighted by Crippen LogP contribution is 2.15. The van der Waals surface area contributed by atoms with Gasteiger partial charge in [-0.3, -0.25) is 4.79 Å². The lowest BCUT2D eigenvalue weighted by atomic mass is 10.3. The number of amides is 1. The molecule has 0 unspecified atom stereocenters. The molecule has 0 aliphatic rings. The van der Waals surface area contributed by atoms with Gasteiger partial charge in [0.05, 0.1) is 13.0 Å². The van der Waals surface area contributed by atoms with Gasteiger partial charge in [-0.15, -0.1) is 0 Å². The third-order valence-corrected chi connectivity index (χ3v) is 1.85. The van der Waals surface area contributed by atoms with E-state index in [0.717, 1.165) is 18.0 Å². The van der Waals surface area contributed by atoms with Gasteiger partial charge in [-0.1, -0.05) is 0 Å². The molecule has 0 aliphatic heterocycles. The molecule has 0 saturated carbocycles. The Morgan fingerprint density at radius 1 is 1.40 bits per heavy atom. The molecule has 1 rings (SSSR count). The van der Waals surface area contributed by atoms with Crippen molar-refractivity contribution in [1.29, 1.82) is 0 Å². The standard InChI is InChI=1S/C11H16N2O2/c1-2-13-9-3-5-10(6-4-9)15-8-7-11(12)14/h3-6,13H,2,7-8H2,1H3,(H2,12,14). The summed E-state index contributed by atoms with van der Waals surface area (Å²) in [6.45, 7) is 3.26. The second-order valence-electron chi connectivity index (χ2n) is 3.12. The van der Waals surface area contributed by atoms with Gasteiger partial charge in [-0.05, 0) is 31.2 Å². The zero-order valence-corrected chi connectivity index (χ0v) is 8.82.